The van der Waals surface area contributed by atoms with Gasteiger partial charge in [0, 0.05) is 11.0 Å². The summed E-state index contributed by atoms with van der Waals surface area (Å²) in [6.45, 7) is 9.71. The molecule has 2 rings (SSSR count). The van der Waals surface area contributed by atoms with Crippen molar-refractivity contribution in [2.24, 2.45) is 5.41 Å². The fraction of sp³-hybridized carbons (Fsp3) is 0.471. The largest absolute Gasteiger partial charge is 0.454 e. The molecule has 1 aromatic carbocycles. The minimum absolute atomic E-state index is 0.0439. The minimum atomic E-state index is -0.297. The van der Waals surface area contributed by atoms with Gasteiger partial charge >= 0.3 is 5.97 Å². The molecule has 0 heterocycles. The van der Waals surface area contributed by atoms with E-state index in [1.165, 1.54) is 5.56 Å². The zero-order valence-corrected chi connectivity index (χ0v) is 12.0. The van der Waals surface area contributed by atoms with Gasteiger partial charge in [-0.05, 0) is 37.3 Å². The molecule has 0 N–H and O–H groups in total. The van der Waals surface area contributed by atoms with Gasteiger partial charge in [0.15, 0.2) is 0 Å². The monoisotopic (exact) mass is 258 g/mol. The van der Waals surface area contributed by atoms with E-state index in [9.17, 15) is 4.79 Å². The molecule has 0 bridgehead atoms. The second kappa shape index (κ2) is 5.20. The van der Waals surface area contributed by atoms with Crippen LogP contribution in [0.1, 0.15) is 50.8 Å². The Morgan fingerprint density at radius 3 is 2.74 bits per heavy atom. The lowest BCUT2D eigenvalue weighted by Gasteiger charge is -2.33. The first-order chi connectivity index (χ1) is 8.92. The molecule has 0 aromatic heterocycles. The molecule has 0 saturated carbocycles. The molecule has 102 valence electrons. The third kappa shape index (κ3) is 2.89. The number of carbonyl (C=O) groups excluding carboxylic acids is 1. The summed E-state index contributed by atoms with van der Waals surface area (Å²) >= 11 is 0. The Bertz CT molecular complexity index is 500. The van der Waals surface area contributed by atoms with E-state index in [4.69, 9.17) is 4.74 Å². The van der Waals surface area contributed by atoms with Crippen molar-refractivity contribution >= 4 is 5.97 Å². The summed E-state index contributed by atoms with van der Waals surface area (Å²) in [4.78, 5) is 11.9. The van der Waals surface area contributed by atoms with Crippen molar-refractivity contribution in [3.05, 3.63) is 47.5 Å². The molecule has 1 aromatic rings. The minimum Gasteiger partial charge on any atom is -0.454 e. The van der Waals surface area contributed by atoms with E-state index in [0.717, 1.165) is 24.8 Å². The number of esters is 1. The number of fused-ring (bicyclic) bond motifs is 1. The number of hydrogen-bond donors (Lipinski definition) is 0. The lowest BCUT2D eigenvalue weighted by Crippen LogP contribution is -2.26. The van der Waals surface area contributed by atoms with E-state index < -0.39 is 0 Å². The molecule has 19 heavy (non-hydrogen) atoms. The molecule has 2 nitrogen and oxygen atoms in total. The first-order valence-electron chi connectivity index (χ1n) is 6.86. The number of benzene rings is 1. The van der Waals surface area contributed by atoms with Gasteiger partial charge in [0.2, 0.25) is 0 Å². The highest BCUT2D eigenvalue weighted by Crippen LogP contribution is 2.44. The lowest BCUT2D eigenvalue weighted by atomic mass is 9.80. The highest BCUT2D eigenvalue weighted by molar-refractivity contribution is 5.87. The maximum absolute atomic E-state index is 11.9. The van der Waals surface area contributed by atoms with Gasteiger partial charge < -0.3 is 4.74 Å². The van der Waals surface area contributed by atoms with E-state index in [1.54, 1.807) is 6.92 Å². The van der Waals surface area contributed by atoms with E-state index in [0.29, 0.717) is 5.57 Å². The number of rotatable bonds is 2. The fourth-order valence-corrected chi connectivity index (χ4v) is 2.73. The van der Waals surface area contributed by atoms with Crippen LogP contribution in [-0.4, -0.2) is 5.97 Å². The first-order valence-corrected chi connectivity index (χ1v) is 6.86. The maximum atomic E-state index is 11.9. The Labute approximate surface area is 115 Å². The second-order valence-electron chi connectivity index (χ2n) is 6.11. The summed E-state index contributed by atoms with van der Waals surface area (Å²) in [6, 6.07) is 8.29. The Kier molecular flexibility index (Phi) is 3.79. The smallest absolute Gasteiger partial charge is 0.333 e. The topological polar surface area (TPSA) is 26.3 Å². The van der Waals surface area contributed by atoms with Crippen molar-refractivity contribution < 1.29 is 9.53 Å². The standard InChI is InChI=1S/C17H22O2/c1-12(2)16(18)19-15-14-10-6-5-8-13(14)9-7-11-17(15,3)4/h5-6,8,10,15H,1,7,9,11H2,2-4H3. The fourth-order valence-electron chi connectivity index (χ4n) is 2.73. The summed E-state index contributed by atoms with van der Waals surface area (Å²) in [5.74, 6) is -0.297. The maximum Gasteiger partial charge on any atom is 0.333 e. The van der Waals surface area contributed by atoms with Crippen LogP contribution >= 0.6 is 0 Å². The number of carbonyl (C=O) groups is 1. The number of hydrogen-bond acceptors (Lipinski definition) is 2. The van der Waals surface area contributed by atoms with Crippen LogP contribution in [0.25, 0.3) is 0 Å². The molecule has 0 radical (unpaired) electrons. The highest BCUT2D eigenvalue weighted by atomic mass is 16.5. The SMILES string of the molecule is C=C(C)C(=O)OC1c2ccccc2CCCC1(C)C. The van der Waals surface area contributed by atoms with Gasteiger partial charge in [-0.2, -0.15) is 0 Å². The molecule has 1 aliphatic rings. The van der Waals surface area contributed by atoms with Gasteiger partial charge in [0.05, 0.1) is 0 Å². The van der Waals surface area contributed by atoms with Crippen molar-refractivity contribution in [2.45, 2.75) is 46.1 Å². The summed E-state index contributed by atoms with van der Waals surface area (Å²) < 4.78 is 5.74. The normalized spacial score (nSPS) is 21.1. The van der Waals surface area contributed by atoms with Crippen LogP contribution in [0.2, 0.25) is 0 Å². The first kappa shape index (κ1) is 13.9. The van der Waals surface area contributed by atoms with Crippen LogP contribution < -0.4 is 0 Å². The van der Waals surface area contributed by atoms with Gasteiger partial charge in [0.1, 0.15) is 6.10 Å². The molecule has 0 fully saturated rings. The van der Waals surface area contributed by atoms with Crippen molar-refractivity contribution in [1.82, 2.24) is 0 Å². The van der Waals surface area contributed by atoms with Crippen LogP contribution in [0.3, 0.4) is 0 Å². The highest BCUT2D eigenvalue weighted by Gasteiger charge is 2.36. The Morgan fingerprint density at radius 1 is 1.37 bits per heavy atom. The lowest BCUT2D eigenvalue weighted by molar-refractivity contribution is -0.151. The molecule has 2 heteroatoms. The van der Waals surface area contributed by atoms with Crippen LogP contribution in [0, 0.1) is 5.41 Å². The molecular formula is C17H22O2. The zero-order chi connectivity index (χ0) is 14.0. The second-order valence-corrected chi connectivity index (χ2v) is 6.11. The van der Waals surface area contributed by atoms with Gasteiger partial charge in [-0.1, -0.05) is 44.7 Å². The van der Waals surface area contributed by atoms with Gasteiger partial charge in [-0.15, -0.1) is 0 Å². The van der Waals surface area contributed by atoms with E-state index in [1.807, 2.05) is 6.07 Å². The molecule has 0 saturated heterocycles. The van der Waals surface area contributed by atoms with Gasteiger partial charge in [0.25, 0.3) is 0 Å². The van der Waals surface area contributed by atoms with Crippen molar-refractivity contribution in [2.75, 3.05) is 0 Å². The van der Waals surface area contributed by atoms with Crippen LogP contribution in [0.15, 0.2) is 36.4 Å². The number of aryl methyl sites for hydroxylation is 1. The van der Waals surface area contributed by atoms with Crippen molar-refractivity contribution in [1.29, 1.82) is 0 Å². The van der Waals surface area contributed by atoms with Gasteiger partial charge in [-0.3, -0.25) is 0 Å². The summed E-state index contributed by atoms with van der Waals surface area (Å²) in [5.41, 5.74) is 2.86. The average molecular weight is 258 g/mol. The summed E-state index contributed by atoms with van der Waals surface area (Å²) in [7, 11) is 0. The third-order valence-corrected chi connectivity index (χ3v) is 3.89. The molecular weight excluding hydrogens is 236 g/mol. The molecule has 0 aliphatic heterocycles. The van der Waals surface area contributed by atoms with Crippen LogP contribution in [0.4, 0.5) is 0 Å². The average Bonchev–Trinajstić information content (AvgIpc) is 2.47. The summed E-state index contributed by atoms with van der Waals surface area (Å²) in [5, 5.41) is 0. The molecule has 1 atom stereocenters. The van der Waals surface area contributed by atoms with E-state index in [2.05, 4.69) is 38.6 Å². The molecule has 1 aliphatic carbocycles. The van der Waals surface area contributed by atoms with E-state index in [-0.39, 0.29) is 17.5 Å². The molecule has 0 spiro atoms. The summed E-state index contributed by atoms with van der Waals surface area (Å²) in [6.07, 6.45) is 3.05. The van der Waals surface area contributed by atoms with Gasteiger partial charge in [-0.25, -0.2) is 4.79 Å². The molecule has 0 amide bonds. The predicted molar refractivity (Wildman–Crippen MR) is 76.8 cm³/mol. The van der Waals surface area contributed by atoms with Crippen LogP contribution in [-0.2, 0) is 16.0 Å². The quantitative estimate of drug-likeness (QED) is 0.451. The Hall–Kier alpha value is -1.57. The van der Waals surface area contributed by atoms with Crippen molar-refractivity contribution in [3.63, 3.8) is 0 Å². The van der Waals surface area contributed by atoms with Crippen LogP contribution in [0.5, 0.6) is 0 Å². The molecule has 1 unspecified atom stereocenters. The number of ether oxygens (including phenoxy) is 1. The zero-order valence-electron chi connectivity index (χ0n) is 12.0. The van der Waals surface area contributed by atoms with Crippen molar-refractivity contribution in [3.8, 4) is 0 Å². The predicted octanol–water partition coefficient (Wildman–Crippen LogP) is 4.21. The Morgan fingerprint density at radius 2 is 2.05 bits per heavy atom. The Balaban J connectivity index is 2.40. The van der Waals surface area contributed by atoms with E-state index >= 15 is 0 Å². The third-order valence-electron chi connectivity index (χ3n) is 3.89.